The molecule has 0 radical (unpaired) electrons. The molecule has 1 rings (SSSR count). The Bertz CT molecular complexity index is 756. The van der Waals surface area contributed by atoms with E-state index in [0.29, 0.717) is 25.2 Å². The summed E-state index contributed by atoms with van der Waals surface area (Å²) < 4.78 is 23.4. The average molecular weight is 385 g/mol. The van der Waals surface area contributed by atoms with Crippen LogP contribution >= 0.6 is 0 Å². The fourth-order valence-corrected chi connectivity index (χ4v) is 2.95. The van der Waals surface area contributed by atoms with Gasteiger partial charge in [-0.05, 0) is 36.6 Å². The van der Waals surface area contributed by atoms with Crippen molar-refractivity contribution in [2.45, 2.75) is 38.1 Å². The number of nitriles is 1. The highest BCUT2D eigenvalue weighted by molar-refractivity contribution is 7.90. The van der Waals surface area contributed by atoms with Crippen LogP contribution < -0.4 is 16.0 Å². The van der Waals surface area contributed by atoms with Crippen LogP contribution in [0.1, 0.15) is 32.6 Å². The molecule has 1 amide bonds. The van der Waals surface area contributed by atoms with Gasteiger partial charge in [0.05, 0.1) is 18.3 Å². The van der Waals surface area contributed by atoms with Crippen molar-refractivity contribution in [2.24, 2.45) is 5.73 Å². The van der Waals surface area contributed by atoms with Gasteiger partial charge in [0.15, 0.2) is 9.84 Å². The molecule has 0 saturated heterocycles. The van der Waals surface area contributed by atoms with E-state index < -0.39 is 27.2 Å². The van der Waals surface area contributed by atoms with E-state index in [4.69, 9.17) is 16.4 Å². The first-order valence-corrected chi connectivity index (χ1v) is 9.83. The van der Waals surface area contributed by atoms with Crippen LogP contribution in [-0.4, -0.2) is 65.0 Å². The Kier molecular flexibility index (Phi) is 7.59. The maximum atomic E-state index is 12.9. The van der Waals surface area contributed by atoms with E-state index in [2.05, 4.69) is 25.9 Å². The predicted molar refractivity (Wildman–Crippen MR) is 93.8 cm³/mol. The van der Waals surface area contributed by atoms with Crippen molar-refractivity contribution in [2.75, 3.05) is 23.6 Å². The lowest BCUT2D eigenvalue weighted by atomic mass is 9.89. The number of anilines is 1. The molecule has 0 aromatic carbocycles. The minimum atomic E-state index is -3.59. The Labute approximate surface area is 151 Å². The first-order chi connectivity index (χ1) is 12.1. The third-order valence-electron chi connectivity index (χ3n) is 3.46. The summed E-state index contributed by atoms with van der Waals surface area (Å²) in [6.07, 6.45) is 1.98. The van der Waals surface area contributed by atoms with Crippen LogP contribution in [0.2, 0.25) is 0 Å². The lowest BCUT2D eigenvalue weighted by Gasteiger charge is -2.30. The normalized spacial score (nSPS) is 13.5. The van der Waals surface area contributed by atoms with Crippen LogP contribution in [0.3, 0.4) is 0 Å². The van der Waals surface area contributed by atoms with E-state index in [1.54, 1.807) is 6.92 Å². The van der Waals surface area contributed by atoms with Crippen LogP contribution in [0.15, 0.2) is 0 Å². The summed E-state index contributed by atoms with van der Waals surface area (Å²) >= 11 is 0. The molecule has 12 nitrogen and oxygen atoms in total. The number of tetrazole rings is 1. The maximum absolute atomic E-state index is 12.9. The van der Waals surface area contributed by atoms with Gasteiger partial charge in [-0.2, -0.15) is 5.26 Å². The molecule has 0 aliphatic carbocycles. The van der Waals surface area contributed by atoms with E-state index in [9.17, 15) is 13.2 Å². The molecule has 1 atom stereocenters. The van der Waals surface area contributed by atoms with Gasteiger partial charge in [-0.15, -0.1) is 0 Å². The number of rotatable bonds is 10. The Morgan fingerprint density at radius 1 is 1.50 bits per heavy atom. The van der Waals surface area contributed by atoms with Crippen molar-refractivity contribution in [3.63, 3.8) is 0 Å². The lowest BCUT2D eigenvalue weighted by molar-refractivity contribution is -0.123. The second kappa shape index (κ2) is 9.20. The Balaban J connectivity index is 2.94. The third-order valence-corrected chi connectivity index (χ3v) is 4.19. The number of nitrogens with zero attached hydrogens (tertiary/aromatic N) is 5. The quantitative estimate of drug-likeness (QED) is 0.219. The minimum Gasteiger partial charge on any atom is -0.374 e. The number of carbonyl (C=O) groups is 1. The SMILES string of the molecule is CC(=N)NCCCCC(N)(CC#N)C(=O)N(CS(C)(=O)=O)c1nnn[nH]1. The molecule has 144 valence electrons. The molecule has 0 aliphatic rings. The van der Waals surface area contributed by atoms with Crippen LogP contribution in [0, 0.1) is 16.7 Å². The topological polar surface area (TPSA) is 195 Å². The Hall–Kier alpha value is -2.59. The zero-order valence-corrected chi connectivity index (χ0v) is 15.5. The smallest absolute Gasteiger partial charge is 0.251 e. The van der Waals surface area contributed by atoms with Crippen molar-refractivity contribution < 1.29 is 13.2 Å². The van der Waals surface area contributed by atoms with E-state index in [0.717, 1.165) is 11.2 Å². The molecular formula is C13H23N9O3S. The zero-order valence-electron chi connectivity index (χ0n) is 14.7. The molecule has 13 heteroatoms. The van der Waals surface area contributed by atoms with E-state index in [-0.39, 0.29) is 18.8 Å². The summed E-state index contributed by atoms with van der Waals surface area (Å²) in [6.45, 7) is 2.15. The molecule has 1 aromatic heterocycles. The number of aromatic amines is 1. The van der Waals surface area contributed by atoms with Crippen LogP contribution in [0.5, 0.6) is 0 Å². The molecule has 5 N–H and O–H groups in total. The monoisotopic (exact) mass is 385 g/mol. The Morgan fingerprint density at radius 2 is 2.19 bits per heavy atom. The molecule has 0 aliphatic heterocycles. The van der Waals surface area contributed by atoms with E-state index in [1.165, 1.54) is 0 Å². The molecule has 1 unspecified atom stereocenters. The van der Waals surface area contributed by atoms with Crippen molar-refractivity contribution in [3.8, 4) is 6.07 Å². The second-order valence-corrected chi connectivity index (χ2v) is 8.12. The fourth-order valence-electron chi connectivity index (χ4n) is 2.24. The second-order valence-electron chi connectivity index (χ2n) is 6.01. The molecule has 0 spiro atoms. The summed E-state index contributed by atoms with van der Waals surface area (Å²) in [5.41, 5.74) is 4.59. The minimum absolute atomic E-state index is 0.158. The fraction of sp³-hybridized carbons (Fsp3) is 0.692. The molecular weight excluding hydrogens is 362 g/mol. The molecule has 0 saturated carbocycles. The maximum Gasteiger partial charge on any atom is 0.251 e. The standard InChI is InChI=1S/C13H23N9O3S/c1-10(15)17-8-4-3-5-13(16,6-7-14)11(23)22(9-26(2,24)25)12-18-20-21-19-12/h3-6,8-9,16H2,1-2H3,(H2,15,17)(H,18,19,20,21). The third kappa shape index (κ3) is 6.73. The van der Waals surface area contributed by atoms with Crippen molar-refractivity contribution >= 4 is 27.5 Å². The zero-order chi connectivity index (χ0) is 19.8. The number of nitrogens with one attached hydrogen (secondary N) is 3. The number of H-pyrrole nitrogens is 1. The summed E-state index contributed by atoms with van der Waals surface area (Å²) in [7, 11) is -3.59. The molecule has 0 bridgehead atoms. The lowest BCUT2D eigenvalue weighted by Crippen LogP contribution is -2.56. The van der Waals surface area contributed by atoms with Gasteiger partial charge in [0, 0.05) is 12.8 Å². The van der Waals surface area contributed by atoms with Gasteiger partial charge >= 0.3 is 0 Å². The molecule has 1 heterocycles. The van der Waals surface area contributed by atoms with Gasteiger partial charge in [-0.1, -0.05) is 5.10 Å². The van der Waals surface area contributed by atoms with Gasteiger partial charge in [-0.25, -0.2) is 13.5 Å². The summed E-state index contributed by atoms with van der Waals surface area (Å²) in [4.78, 5) is 13.8. The number of nitrogens with two attached hydrogens (primary N) is 1. The summed E-state index contributed by atoms with van der Waals surface area (Å²) in [6, 6.07) is 1.88. The number of hydrogen-bond acceptors (Lipinski definition) is 9. The average Bonchev–Trinajstić information content (AvgIpc) is 3.05. The molecule has 1 aromatic rings. The highest BCUT2D eigenvalue weighted by atomic mass is 32.2. The van der Waals surface area contributed by atoms with Crippen LogP contribution in [0.25, 0.3) is 0 Å². The Morgan fingerprint density at radius 3 is 2.69 bits per heavy atom. The van der Waals surface area contributed by atoms with Gasteiger partial charge in [-0.3, -0.25) is 15.1 Å². The van der Waals surface area contributed by atoms with Crippen LogP contribution in [0.4, 0.5) is 5.95 Å². The number of unbranched alkanes of at least 4 members (excludes halogenated alkanes) is 1. The number of amidine groups is 1. The number of hydrogen-bond donors (Lipinski definition) is 4. The van der Waals surface area contributed by atoms with Gasteiger partial charge in [0.1, 0.15) is 11.4 Å². The number of carbonyl (C=O) groups excluding carboxylic acids is 1. The number of sulfone groups is 1. The predicted octanol–water partition coefficient (Wildman–Crippen LogP) is -1.10. The highest BCUT2D eigenvalue weighted by Crippen LogP contribution is 2.21. The summed E-state index contributed by atoms with van der Waals surface area (Å²) in [5.74, 6) is -1.25. The first-order valence-electron chi connectivity index (χ1n) is 7.77. The highest BCUT2D eigenvalue weighted by Gasteiger charge is 2.39. The van der Waals surface area contributed by atoms with E-state index >= 15 is 0 Å². The van der Waals surface area contributed by atoms with Crippen molar-refractivity contribution in [3.05, 3.63) is 0 Å². The van der Waals surface area contributed by atoms with Gasteiger partial charge in [0.25, 0.3) is 11.9 Å². The molecule has 26 heavy (non-hydrogen) atoms. The number of aromatic nitrogens is 4. The van der Waals surface area contributed by atoms with E-state index in [1.807, 2.05) is 6.07 Å². The first kappa shape index (κ1) is 21.5. The van der Waals surface area contributed by atoms with Gasteiger partial charge in [0.2, 0.25) is 0 Å². The number of amides is 1. The van der Waals surface area contributed by atoms with Crippen molar-refractivity contribution in [1.82, 2.24) is 25.9 Å². The summed E-state index contributed by atoms with van der Waals surface area (Å²) in [5, 5.41) is 31.8. The van der Waals surface area contributed by atoms with Crippen LogP contribution in [-0.2, 0) is 14.6 Å². The van der Waals surface area contributed by atoms with Gasteiger partial charge < -0.3 is 11.1 Å². The largest absolute Gasteiger partial charge is 0.374 e. The molecule has 0 fully saturated rings. The van der Waals surface area contributed by atoms with Crippen molar-refractivity contribution in [1.29, 1.82) is 10.7 Å².